The minimum atomic E-state index is -0.438. The van der Waals surface area contributed by atoms with Crippen LogP contribution in [0.4, 0.5) is 5.69 Å². The highest BCUT2D eigenvalue weighted by atomic mass is 32.2. The summed E-state index contributed by atoms with van der Waals surface area (Å²) in [5.41, 5.74) is 2.42. The molecule has 3 rings (SSSR count). The standard InChI is InChI=1S/C15H13N3O4S/c1-10-6-14(22-17-10)9-23-8-12-7-21-15(16-12)11-2-4-13(5-3-11)18(19)20/h2-7H,8-9H2,1H3. The van der Waals surface area contributed by atoms with Gasteiger partial charge < -0.3 is 8.94 Å². The van der Waals surface area contributed by atoms with Crippen molar-refractivity contribution in [3.8, 4) is 11.5 Å². The Balaban J connectivity index is 1.60. The lowest BCUT2D eigenvalue weighted by Crippen LogP contribution is -1.87. The number of oxazole rings is 1. The van der Waals surface area contributed by atoms with Crippen LogP contribution in [0.2, 0.25) is 0 Å². The quantitative estimate of drug-likeness (QED) is 0.498. The van der Waals surface area contributed by atoms with Crippen molar-refractivity contribution >= 4 is 17.4 Å². The van der Waals surface area contributed by atoms with Crippen LogP contribution < -0.4 is 0 Å². The number of non-ortho nitro benzene ring substituents is 1. The molecule has 118 valence electrons. The van der Waals surface area contributed by atoms with Crippen LogP contribution in [-0.2, 0) is 11.5 Å². The molecule has 3 aromatic rings. The van der Waals surface area contributed by atoms with Gasteiger partial charge in [-0.2, -0.15) is 0 Å². The number of nitro benzene ring substituents is 1. The van der Waals surface area contributed by atoms with Crippen LogP contribution in [0.25, 0.3) is 11.5 Å². The van der Waals surface area contributed by atoms with Crippen molar-refractivity contribution in [3.05, 3.63) is 63.9 Å². The normalized spacial score (nSPS) is 10.8. The second-order valence-corrected chi connectivity index (χ2v) is 5.86. The van der Waals surface area contributed by atoms with E-state index in [1.54, 1.807) is 30.2 Å². The van der Waals surface area contributed by atoms with E-state index in [1.807, 2.05) is 13.0 Å². The highest BCUT2D eigenvalue weighted by Crippen LogP contribution is 2.24. The monoisotopic (exact) mass is 331 g/mol. The first-order chi connectivity index (χ1) is 11.1. The fourth-order valence-electron chi connectivity index (χ4n) is 1.97. The fraction of sp³-hybridized carbons (Fsp3) is 0.200. The SMILES string of the molecule is Cc1cc(CSCc2coc(-c3ccc([N+](=O)[O-])cc3)n2)on1. The molecular formula is C15H13N3O4S. The van der Waals surface area contributed by atoms with Gasteiger partial charge in [0.2, 0.25) is 5.89 Å². The van der Waals surface area contributed by atoms with Gasteiger partial charge in [-0.25, -0.2) is 4.98 Å². The maximum absolute atomic E-state index is 10.6. The minimum absolute atomic E-state index is 0.0402. The summed E-state index contributed by atoms with van der Waals surface area (Å²) in [6.07, 6.45) is 1.59. The second-order valence-electron chi connectivity index (χ2n) is 4.88. The minimum Gasteiger partial charge on any atom is -0.444 e. The molecule has 0 saturated heterocycles. The van der Waals surface area contributed by atoms with Crippen LogP contribution >= 0.6 is 11.8 Å². The third-order valence-corrected chi connectivity index (χ3v) is 4.04. The first-order valence-electron chi connectivity index (χ1n) is 6.81. The third kappa shape index (κ3) is 3.78. The molecule has 0 N–H and O–H groups in total. The van der Waals surface area contributed by atoms with E-state index < -0.39 is 4.92 Å². The van der Waals surface area contributed by atoms with Crippen LogP contribution in [0.1, 0.15) is 17.1 Å². The number of hydrogen-bond acceptors (Lipinski definition) is 7. The number of benzene rings is 1. The van der Waals surface area contributed by atoms with Crippen LogP contribution in [0.5, 0.6) is 0 Å². The molecule has 0 atom stereocenters. The Morgan fingerprint density at radius 2 is 2.04 bits per heavy atom. The van der Waals surface area contributed by atoms with E-state index in [9.17, 15) is 10.1 Å². The molecule has 0 saturated carbocycles. The molecule has 0 aliphatic rings. The third-order valence-electron chi connectivity index (χ3n) is 3.05. The summed E-state index contributed by atoms with van der Waals surface area (Å²) in [6.45, 7) is 1.88. The molecule has 0 unspecified atom stereocenters. The van der Waals surface area contributed by atoms with Gasteiger partial charge in [0.1, 0.15) is 12.0 Å². The summed E-state index contributed by atoms with van der Waals surface area (Å²) >= 11 is 1.64. The van der Waals surface area contributed by atoms with Gasteiger partial charge in [0.25, 0.3) is 5.69 Å². The molecule has 1 aromatic carbocycles. The van der Waals surface area contributed by atoms with Gasteiger partial charge in [0.05, 0.1) is 22.1 Å². The number of nitro groups is 1. The average molecular weight is 331 g/mol. The van der Waals surface area contributed by atoms with Gasteiger partial charge >= 0.3 is 0 Å². The first-order valence-corrected chi connectivity index (χ1v) is 7.96. The molecule has 7 nitrogen and oxygen atoms in total. The zero-order chi connectivity index (χ0) is 16.2. The van der Waals surface area contributed by atoms with E-state index in [2.05, 4.69) is 10.1 Å². The Bertz CT molecular complexity index is 810. The van der Waals surface area contributed by atoms with Crippen LogP contribution in [0.15, 0.2) is 45.5 Å². The highest BCUT2D eigenvalue weighted by molar-refractivity contribution is 7.97. The topological polar surface area (TPSA) is 95.2 Å². The predicted molar refractivity (Wildman–Crippen MR) is 84.8 cm³/mol. The lowest BCUT2D eigenvalue weighted by molar-refractivity contribution is -0.384. The number of thioether (sulfide) groups is 1. The van der Waals surface area contributed by atoms with Crippen LogP contribution in [0, 0.1) is 17.0 Å². The Morgan fingerprint density at radius 3 is 2.70 bits per heavy atom. The average Bonchev–Trinajstić information content (AvgIpc) is 3.17. The summed E-state index contributed by atoms with van der Waals surface area (Å²) in [7, 11) is 0. The Kier molecular flexibility index (Phi) is 4.42. The lowest BCUT2D eigenvalue weighted by atomic mass is 10.2. The fourth-order valence-corrected chi connectivity index (χ4v) is 2.75. The smallest absolute Gasteiger partial charge is 0.269 e. The van der Waals surface area contributed by atoms with Crippen molar-refractivity contribution in [1.82, 2.24) is 10.1 Å². The Labute approximate surface area is 135 Å². The number of nitrogens with zero attached hydrogens (tertiary/aromatic N) is 3. The van der Waals surface area contributed by atoms with E-state index >= 15 is 0 Å². The number of aromatic nitrogens is 2. The molecule has 0 aliphatic heterocycles. The van der Waals surface area contributed by atoms with Crippen molar-refractivity contribution in [2.24, 2.45) is 0 Å². The van der Waals surface area contributed by atoms with Gasteiger partial charge in [0, 0.05) is 29.5 Å². The van der Waals surface area contributed by atoms with Crippen molar-refractivity contribution in [1.29, 1.82) is 0 Å². The second kappa shape index (κ2) is 6.66. The van der Waals surface area contributed by atoms with E-state index in [0.29, 0.717) is 23.0 Å². The molecule has 0 aliphatic carbocycles. The maximum atomic E-state index is 10.6. The van der Waals surface area contributed by atoms with Gasteiger partial charge in [-0.1, -0.05) is 5.16 Å². The molecule has 0 fully saturated rings. The maximum Gasteiger partial charge on any atom is 0.269 e. The van der Waals surface area contributed by atoms with Gasteiger partial charge in [-0.3, -0.25) is 10.1 Å². The van der Waals surface area contributed by atoms with E-state index in [0.717, 1.165) is 17.1 Å². The number of rotatable bonds is 6. The predicted octanol–water partition coefficient (Wildman–Crippen LogP) is 3.98. The Morgan fingerprint density at radius 1 is 1.26 bits per heavy atom. The van der Waals surface area contributed by atoms with E-state index in [1.165, 1.54) is 12.1 Å². The number of aryl methyl sites for hydroxylation is 1. The van der Waals surface area contributed by atoms with Crippen molar-refractivity contribution in [3.63, 3.8) is 0 Å². The lowest BCUT2D eigenvalue weighted by Gasteiger charge is -1.95. The van der Waals surface area contributed by atoms with Gasteiger partial charge in [-0.15, -0.1) is 11.8 Å². The summed E-state index contributed by atoms with van der Waals surface area (Å²) in [5.74, 6) is 2.66. The molecule has 8 heteroatoms. The van der Waals surface area contributed by atoms with Crippen LogP contribution in [0.3, 0.4) is 0 Å². The molecular weight excluding hydrogens is 318 g/mol. The summed E-state index contributed by atoms with van der Waals surface area (Å²) < 4.78 is 10.6. The molecule has 2 heterocycles. The largest absolute Gasteiger partial charge is 0.444 e. The zero-order valence-corrected chi connectivity index (χ0v) is 13.1. The van der Waals surface area contributed by atoms with E-state index in [4.69, 9.17) is 8.94 Å². The molecule has 2 aromatic heterocycles. The van der Waals surface area contributed by atoms with Crippen molar-refractivity contribution in [2.45, 2.75) is 18.4 Å². The molecule has 0 spiro atoms. The number of hydrogen-bond donors (Lipinski definition) is 0. The molecule has 0 amide bonds. The van der Waals surface area contributed by atoms with Gasteiger partial charge in [0.15, 0.2) is 0 Å². The molecule has 0 radical (unpaired) electrons. The van der Waals surface area contributed by atoms with Crippen molar-refractivity contribution in [2.75, 3.05) is 0 Å². The summed E-state index contributed by atoms with van der Waals surface area (Å²) in [4.78, 5) is 14.6. The summed E-state index contributed by atoms with van der Waals surface area (Å²) in [6, 6.07) is 8.01. The highest BCUT2D eigenvalue weighted by Gasteiger charge is 2.10. The van der Waals surface area contributed by atoms with Crippen molar-refractivity contribution < 1.29 is 13.9 Å². The first kappa shape index (κ1) is 15.3. The molecule has 23 heavy (non-hydrogen) atoms. The Hall–Kier alpha value is -2.61. The van der Waals surface area contributed by atoms with Crippen LogP contribution in [-0.4, -0.2) is 15.1 Å². The summed E-state index contributed by atoms with van der Waals surface area (Å²) in [5, 5.41) is 14.5. The van der Waals surface area contributed by atoms with E-state index in [-0.39, 0.29) is 5.69 Å². The van der Waals surface area contributed by atoms with Gasteiger partial charge in [-0.05, 0) is 19.1 Å². The molecule has 0 bridgehead atoms. The zero-order valence-electron chi connectivity index (χ0n) is 12.3.